The lowest BCUT2D eigenvalue weighted by molar-refractivity contribution is -0.143. The Labute approximate surface area is 236 Å². The first-order valence-electron chi connectivity index (χ1n) is 12.4. The van der Waals surface area contributed by atoms with E-state index < -0.39 is 24.1 Å². The van der Waals surface area contributed by atoms with Gasteiger partial charge in [-0.05, 0) is 59.7 Å². The Kier molecular flexibility index (Phi) is 9.32. The summed E-state index contributed by atoms with van der Waals surface area (Å²) in [4.78, 5) is 38.9. The van der Waals surface area contributed by atoms with Crippen LogP contribution in [0.4, 0.5) is 4.79 Å². The Morgan fingerprint density at radius 2 is 1.62 bits per heavy atom. The maximum Gasteiger partial charge on any atom is 0.411 e. The topological polar surface area (TPSA) is 105 Å². The van der Waals surface area contributed by atoms with Gasteiger partial charge in [0.25, 0.3) is 5.91 Å². The third-order valence-electron chi connectivity index (χ3n) is 6.56. The van der Waals surface area contributed by atoms with Gasteiger partial charge in [0, 0.05) is 11.6 Å². The first kappa shape index (κ1) is 28.3. The third kappa shape index (κ3) is 6.46. The number of carboxylic acids is 1. The smallest absolute Gasteiger partial charge is 0.411 e. The molecular formula is C29H28Cl2N2O6. The molecular weight excluding hydrogens is 543 g/mol. The summed E-state index contributed by atoms with van der Waals surface area (Å²) in [5.41, 5.74) is 3.62. The van der Waals surface area contributed by atoms with Crippen LogP contribution >= 0.6 is 23.2 Å². The molecule has 2 amide bonds. The van der Waals surface area contributed by atoms with E-state index in [1.165, 1.54) is 18.1 Å². The molecule has 10 heteroatoms. The van der Waals surface area contributed by atoms with E-state index in [9.17, 15) is 19.5 Å². The van der Waals surface area contributed by atoms with E-state index in [0.29, 0.717) is 35.2 Å². The van der Waals surface area contributed by atoms with Crippen molar-refractivity contribution in [2.75, 3.05) is 20.3 Å². The lowest BCUT2D eigenvalue weighted by atomic mass is 9.99. The van der Waals surface area contributed by atoms with Crippen molar-refractivity contribution in [2.24, 2.45) is 0 Å². The number of methoxy groups -OCH3 is 1. The van der Waals surface area contributed by atoms with Crippen LogP contribution in [-0.4, -0.2) is 54.3 Å². The zero-order valence-corrected chi connectivity index (χ0v) is 22.7. The molecule has 1 unspecified atom stereocenters. The van der Waals surface area contributed by atoms with Gasteiger partial charge in [-0.25, -0.2) is 9.59 Å². The number of nitrogens with zero attached hydrogens (tertiary/aromatic N) is 1. The van der Waals surface area contributed by atoms with E-state index >= 15 is 0 Å². The number of amides is 2. The maximum atomic E-state index is 13.0. The third-order valence-corrected chi connectivity index (χ3v) is 7.10. The number of nitrogens with one attached hydrogen (secondary N) is 1. The molecule has 1 aliphatic rings. The number of hydrogen-bond acceptors (Lipinski definition) is 5. The molecule has 0 aromatic heterocycles. The van der Waals surface area contributed by atoms with Crippen molar-refractivity contribution in [3.05, 3.63) is 87.9 Å². The highest BCUT2D eigenvalue weighted by molar-refractivity contribution is 6.35. The molecule has 0 spiro atoms. The minimum absolute atomic E-state index is 0.179. The number of halogens is 2. The molecule has 4 rings (SSSR count). The maximum absolute atomic E-state index is 13.0. The van der Waals surface area contributed by atoms with Crippen molar-refractivity contribution in [1.82, 2.24) is 10.2 Å². The van der Waals surface area contributed by atoms with Gasteiger partial charge in [-0.15, -0.1) is 0 Å². The van der Waals surface area contributed by atoms with Gasteiger partial charge < -0.3 is 19.9 Å². The van der Waals surface area contributed by atoms with Gasteiger partial charge in [-0.3, -0.25) is 9.69 Å². The van der Waals surface area contributed by atoms with Gasteiger partial charge >= 0.3 is 12.1 Å². The normalized spacial score (nSPS) is 12.7. The van der Waals surface area contributed by atoms with Crippen LogP contribution in [0.3, 0.4) is 0 Å². The molecule has 1 aliphatic carbocycles. The van der Waals surface area contributed by atoms with Crippen molar-refractivity contribution in [3.8, 4) is 16.9 Å². The summed E-state index contributed by atoms with van der Waals surface area (Å²) < 4.78 is 10.5. The van der Waals surface area contributed by atoms with Gasteiger partial charge in [-0.1, -0.05) is 71.7 Å². The highest BCUT2D eigenvalue weighted by Gasteiger charge is 2.41. The molecule has 0 aliphatic heterocycles. The number of ether oxygens (including phenoxy) is 2. The summed E-state index contributed by atoms with van der Waals surface area (Å²) in [6, 6.07) is 18.3. The van der Waals surface area contributed by atoms with Crippen molar-refractivity contribution in [3.63, 3.8) is 0 Å². The Morgan fingerprint density at radius 3 is 2.21 bits per heavy atom. The summed E-state index contributed by atoms with van der Waals surface area (Å²) in [5, 5.41) is 13.7. The lowest BCUT2D eigenvalue weighted by Crippen LogP contribution is -2.47. The van der Waals surface area contributed by atoms with Crippen molar-refractivity contribution < 1.29 is 29.0 Å². The second kappa shape index (κ2) is 12.9. The number of hydrogen-bond donors (Lipinski definition) is 2. The summed E-state index contributed by atoms with van der Waals surface area (Å²) in [6.45, 7) is 0.0892. The number of unbranched alkanes of at least 4 members (excludes halogenated alkanes) is 1. The molecule has 0 heterocycles. The molecule has 0 saturated carbocycles. The van der Waals surface area contributed by atoms with Crippen molar-refractivity contribution in [1.29, 1.82) is 0 Å². The number of carbonyl (C=O) groups excluding carboxylic acids is 2. The first-order chi connectivity index (χ1) is 18.8. The molecule has 0 fully saturated rings. The molecule has 39 heavy (non-hydrogen) atoms. The molecule has 3 aromatic rings. The molecule has 0 radical (unpaired) electrons. The fraction of sp³-hybridized carbons (Fsp3) is 0.276. The van der Waals surface area contributed by atoms with Crippen LogP contribution in [-0.2, 0) is 14.3 Å². The van der Waals surface area contributed by atoms with E-state index in [0.717, 1.165) is 22.3 Å². The number of fused-ring (bicyclic) bond motifs is 3. The second-order valence-corrected chi connectivity index (χ2v) is 9.86. The van der Waals surface area contributed by atoms with Crippen molar-refractivity contribution >= 4 is 41.2 Å². The minimum atomic E-state index is -1.13. The lowest BCUT2D eigenvalue weighted by Gasteiger charge is -2.34. The summed E-state index contributed by atoms with van der Waals surface area (Å²) in [7, 11) is 1.25. The quantitative estimate of drug-likeness (QED) is 0.276. The molecule has 2 N–H and O–H groups in total. The Bertz CT molecular complexity index is 1320. The van der Waals surface area contributed by atoms with Crippen LogP contribution in [0.25, 0.3) is 11.1 Å². The molecule has 8 nitrogen and oxygen atoms in total. The Morgan fingerprint density at radius 1 is 0.974 bits per heavy atom. The molecule has 0 saturated heterocycles. The second-order valence-electron chi connectivity index (χ2n) is 9.02. The fourth-order valence-corrected chi connectivity index (χ4v) is 5.27. The Hall–Kier alpha value is -3.75. The van der Waals surface area contributed by atoms with E-state index in [2.05, 4.69) is 5.32 Å². The summed E-state index contributed by atoms with van der Waals surface area (Å²) in [6.07, 6.45) is 0.414. The molecule has 1 atom stereocenters. The summed E-state index contributed by atoms with van der Waals surface area (Å²) >= 11 is 11.9. The molecule has 0 bridgehead atoms. The predicted molar refractivity (Wildman–Crippen MR) is 148 cm³/mol. The number of aliphatic carboxylic acids is 1. The number of benzene rings is 3. The van der Waals surface area contributed by atoms with Crippen LogP contribution < -0.4 is 10.1 Å². The highest BCUT2D eigenvalue weighted by atomic mass is 35.5. The average Bonchev–Trinajstić information content (AvgIpc) is 3.25. The monoisotopic (exact) mass is 570 g/mol. The van der Waals surface area contributed by atoms with E-state index in [1.54, 1.807) is 12.1 Å². The average molecular weight is 571 g/mol. The van der Waals surface area contributed by atoms with Gasteiger partial charge in [0.05, 0.1) is 18.2 Å². The minimum Gasteiger partial charge on any atom is -0.482 e. The van der Waals surface area contributed by atoms with Gasteiger partial charge in [0.2, 0.25) is 0 Å². The first-order valence-corrected chi connectivity index (χ1v) is 13.2. The highest BCUT2D eigenvalue weighted by Crippen LogP contribution is 2.47. The van der Waals surface area contributed by atoms with Crippen LogP contribution in [0.1, 0.15) is 36.4 Å². The van der Waals surface area contributed by atoms with E-state index in [1.807, 2.05) is 48.5 Å². The molecule has 204 valence electrons. The van der Waals surface area contributed by atoms with Crippen LogP contribution in [0.2, 0.25) is 10.0 Å². The van der Waals surface area contributed by atoms with Gasteiger partial charge in [0.15, 0.2) is 6.61 Å². The van der Waals surface area contributed by atoms with Crippen molar-refractivity contribution in [2.45, 2.75) is 31.3 Å². The summed E-state index contributed by atoms with van der Waals surface area (Å²) in [5.74, 6) is -1.12. The fourth-order valence-electron chi connectivity index (χ4n) is 4.81. The number of carbonyl (C=O) groups is 3. The van der Waals surface area contributed by atoms with Gasteiger partial charge in [0.1, 0.15) is 11.8 Å². The van der Waals surface area contributed by atoms with Crippen LogP contribution in [0.5, 0.6) is 5.75 Å². The largest absolute Gasteiger partial charge is 0.482 e. The van der Waals surface area contributed by atoms with Crippen LogP contribution in [0, 0.1) is 0 Å². The molecule has 3 aromatic carbocycles. The predicted octanol–water partition coefficient (Wildman–Crippen LogP) is 5.95. The van der Waals surface area contributed by atoms with Crippen LogP contribution in [0.15, 0.2) is 66.7 Å². The zero-order valence-electron chi connectivity index (χ0n) is 21.2. The SMILES string of the molecule is COC(=O)N(C(CCCCNC(=O)COc1ccc(Cl)cc1Cl)C(=O)O)C1c2ccccc2-c2ccccc21. The number of carboxylic acid groups (broad SMARTS) is 1. The Balaban J connectivity index is 1.38. The van der Waals surface area contributed by atoms with E-state index in [4.69, 9.17) is 32.7 Å². The van der Waals surface area contributed by atoms with E-state index in [-0.39, 0.29) is 18.9 Å². The number of rotatable bonds is 11. The zero-order chi connectivity index (χ0) is 27.9. The van der Waals surface area contributed by atoms with Gasteiger partial charge in [-0.2, -0.15) is 0 Å². The standard InChI is InChI=1S/C29H28Cl2N2O6/c1-38-29(37)33(27-21-10-4-2-8-19(21)20-9-3-5-11-22(20)27)24(28(35)36)12-6-7-15-32-26(34)17-39-25-14-13-18(30)16-23(25)31/h2-5,8-11,13-14,16,24,27H,6-7,12,15,17H2,1H3,(H,32,34)(H,35,36).